The molecule has 0 heterocycles. The zero-order valence-corrected chi connectivity index (χ0v) is 22.2. The van der Waals surface area contributed by atoms with E-state index < -0.39 is 6.04 Å². The average molecular weight is 527 g/mol. The average Bonchev–Trinajstić information content (AvgIpc) is 2.88. The lowest BCUT2D eigenvalue weighted by Crippen LogP contribution is -2.51. The molecule has 1 N–H and O–H groups in total. The standard InChI is InChI=1S/C29H32Cl2N2O3/c1-3-4-15-32-29(35)27(17-21-9-6-5-7-10-21)33(20-22-11-8-12-25(16-22)36-2)28(34)18-23-13-14-24(30)19-26(23)31/h5-14,16,19,27H,3-4,15,17-18,20H2,1-2H3,(H,32,35)/t27-/m0/s1. The van der Waals surface area contributed by atoms with Crippen LogP contribution in [0.3, 0.4) is 0 Å². The van der Waals surface area contributed by atoms with E-state index in [1.54, 1.807) is 30.2 Å². The molecule has 0 aliphatic rings. The molecule has 0 bridgehead atoms. The number of nitrogens with zero attached hydrogens (tertiary/aromatic N) is 1. The van der Waals surface area contributed by atoms with Crippen molar-refractivity contribution in [3.63, 3.8) is 0 Å². The zero-order chi connectivity index (χ0) is 25.9. The second-order valence-corrected chi connectivity index (χ2v) is 9.48. The predicted molar refractivity (Wildman–Crippen MR) is 146 cm³/mol. The summed E-state index contributed by atoms with van der Waals surface area (Å²) in [6, 6.07) is 21.6. The highest BCUT2D eigenvalue weighted by molar-refractivity contribution is 6.35. The van der Waals surface area contributed by atoms with Gasteiger partial charge in [0, 0.05) is 29.6 Å². The van der Waals surface area contributed by atoms with Crippen LogP contribution in [0.4, 0.5) is 0 Å². The van der Waals surface area contributed by atoms with Gasteiger partial charge in [0.15, 0.2) is 0 Å². The lowest BCUT2D eigenvalue weighted by molar-refractivity contribution is -0.140. The molecular weight excluding hydrogens is 495 g/mol. The molecule has 3 rings (SSSR count). The molecule has 0 radical (unpaired) electrons. The first-order chi connectivity index (χ1) is 17.4. The molecule has 0 spiro atoms. The maximum absolute atomic E-state index is 13.8. The SMILES string of the molecule is CCCCNC(=O)[C@H](Cc1ccccc1)N(Cc1cccc(OC)c1)C(=O)Cc1ccc(Cl)cc1Cl. The second kappa shape index (κ2) is 13.9. The second-order valence-electron chi connectivity index (χ2n) is 8.64. The minimum Gasteiger partial charge on any atom is -0.497 e. The van der Waals surface area contributed by atoms with Crippen molar-refractivity contribution in [3.8, 4) is 5.75 Å². The molecule has 0 aromatic heterocycles. The summed E-state index contributed by atoms with van der Waals surface area (Å²) < 4.78 is 5.38. The highest BCUT2D eigenvalue weighted by Crippen LogP contribution is 2.24. The molecule has 3 aromatic carbocycles. The summed E-state index contributed by atoms with van der Waals surface area (Å²) in [5.74, 6) is 0.312. The van der Waals surface area contributed by atoms with Crippen LogP contribution < -0.4 is 10.1 Å². The lowest BCUT2D eigenvalue weighted by atomic mass is 10.0. The Morgan fingerprint density at radius 1 is 0.972 bits per heavy atom. The van der Waals surface area contributed by atoms with Crippen molar-refractivity contribution in [1.29, 1.82) is 0 Å². The van der Waals surface area contributed by atoms with Crippen molar-refractivity contribution in [2.45, 2.75) is 45.2 Å². The first-order valence-electron chi connectivity index (χ1n) is 12.1. The summed E-state index contributed by atoms with van der Waals surface area (Å²) in [7, 11) is 1.60. The van der Waals surface area contributed by atoms with E-state index in [1.165, 1.54) is 0 Å². The fourth-order valence-corrected chi connectivity index (χ4v) is 4.43. The summed E-state index contributed by atoms with van der Waals surface area (Å²) in [5.41, 5.74) is 2.50. The van der Waals surface area contributed by atoms with Crippen LogP contribution in [0.5, 0.6) is 5.75 Å². The summed E-state index contributed by atoms with van der Waals surface area (Å²) in [4.78, 5) is 28.9. The number of hydrogen-bond acceptors (Lipinski definition) is 3. The number of nitrogens with one attached hydrogen (secondary N) is 1. The number of rotatable bonds is 12. The Kier molecular flexibility index (Phi) is 10.6. The maximum Gasteiger partial charge on any atom is 0.243 e. The Morgan fingerprint density at radius 2 is 1.72 bits per heavy atom. The van der Waals surface area contributed by atoms with Gasteiger partial charge in [0.1, 0.15) is 11.8 Å². The normalized spacial score (nSPS) is 11.6. The van der Waals surface area contributed by atoms with Crippen LogP contribution in [-0.2, 0) is 29.0 Å². The number of amides is 2. The van der Waals surface area contributed by atoms with Crippen molar-refractivity contribution in [1.82, 2.24) is 10.2 Å². The largest absolute Gasteiger partial charge is 0.497 e. The highest BCUT2D eigenvalue weighted by atomic mass is 35.5. The fraction of sp³-hybridized carbons (Fsp3) is 0.310. The van der Waals surface area contributed by atoms with Crippen molar-refractivity contribution in [2.75, 3.05) is 13.7 Å². The first-order valence-corrected chi connectivity index (χ1v) is 12.8. The van der Waals surface area contributed by atoms with Crippen LogP contribution >= 0.6 is 23.2 Å². The van der Waals surface area contributed by atoms with E-state index in [4.69, 9.17) is 27.9 Å². The zero-order valence-electron chi connectivity index (χ0n) is 20.7. The van der Waals surface area contributed by atoms with Gasteiger partial charge in [-0.1, -0.05) is 85.1 Å². The highest BCUT2D eigenvalue weighted by Gasteiger charge is 2.30. The topological polar surface area (TPSA) is 58.6 Å². The Hall–Kier alpha value is -3.02. The van der Waals surface area contributed by atoms with E-state index in [0.717, 1.165) is 24.0 Å². The number of halogens is 2. The number of carbonyl (C=O) groups is 2. The molecule has 36 heavy (non-hydrogen) atoms. The molecule has 0 saturated carbocycles. The fourth-order valence-electron chi connectivity index (χ4n) is 3.96. The monoisotopic (exact) mass is 526 g/mol. The van der Waals surface area contributed by atoms with Gasteiger partial charge in [-0.2, -0.15) is 0 Å². The molecule has 7 heteroatoms. The van der Waals surface area contributed by atoms with Crippen molar-refractivity contribution in [2.24, 2.45) is 0 Å². The van der Waals surface area contributed by atoms with E-state index in [1.807, 2.05) is 54.6 Å². The molecule has 190 valence electrons. The van der Waals surface area contributed by atoms with E-state index >= 15 is 0 Å². The van der Waals surface area contributed by atoms with Gasteiger partial charge in [-0.25, -0.2) is 0 Å². The number of carbonyl (C=O) groups excluding carboxylic acids is 2. The van der Waals surface area contributed by atoms with Gasteiger partial charge in [-0.15, -0.1) is 0 Å². The Bertz CT molecular complexity index is 1150. The van der Waals surface area contributed by atoms with E-state index in [-0.39, 0.29) is 24.8 Å². The minimum absolute atomic E-state index is 0.0491. The minimum atomic E-state index is -0.700. The predicted octanol–water partition coefficient (Wildman–Crippen LogP) is 6.10. The molecule has 0 fully saturated rings. The van der Waals surface area contributed by atoms with Crippen LogP contribution in [0, 0.1) is 0 Å². The maximum atomic E-state index is 13.8. The summed E-state index contributed by atoms with van der Waals surface area (Å²) in [6.07, 6.45) is 2.27. The number of methoxy groups -OCH3 is 1. The molecule has 1 atom stereocenters. The third-order valence-corrected chi connectivity index (χ3v) is 6.53. The van der Waals surface area contributed by atoms with Crippen molar-refractivity contribution in [3.05, 3.63) is 99.5 Å². The van der Waals surface area contributed by atoms with Crippen LogP contribution in [0.25, 0.3) is 0 Å². The van der Waals surface area contributed by atoms with Crippen molar-refractivity contribution < 1.29 is 14.3 Å². The number of hydrogen-bond donors (Lipinski definition) is 1. The van der Waals surface area contributed by atoms with Crippen LogP contribution in [-0.4, -0.2) is 36.4 Å². The van der Waals surface area contributed by atoms with Gasteiger partial charge in [-0.05, 0) is 47.4 Å². The van der Waals surface area contributed by atoms with E-state index in [2.05, 4.69) is 12.2 Å². The number of ether oxygens (including phenoxy) is 1. The molecule has 0 unspecified atom stereocenters. The van der Waals surface area contributed by atoms with Crippen molar-refractivity contribution >= 4 is 35.0 Å². The van der Waals surface area contributed by atoms with Gasteiger partial charge >= 0.3 is 0 Å². The van der Waals surface area contributed by atoms with Gasteiger partial charge in [0.25, 0.3) is 0 Å². The molecule has 0 aliphatic carbocycles. The molecule has 2 amide bonds. The van der Waals surface area contributed by atoms with E-state index in [0.29, 0.717) is 34.3 Å². The Morgan fingerprint density at radius 3 is 2.42 bits per heavy atom. The molecule has 0 saturated heterocycles. The summed E-state index contributed by atoms with van der Waals surface area (Å²) >= 11 is 12.4. The van der Waals surface area contributed by atoms with Crippen LogP contribution in [0.15, 0.2) is 72.8 Å². The van der Waals surface area contributed by atoms with Crippen LogP contribution in [0.1, 0.15) is 36.5 Å². The molecule has 3 aromatic rings. The molecular formula is C29H32Cl2N2O3. The quantitative estimate of drug-likeness (QED) is 0.290. The molecule has 5 nitrogen and oxygen atoms in total. The Balaban J connectivity index is 1.97. The van der Waals surface area contributed by atoms with Gasteiger partial charge in [-0.3, -0.25) is 9.59 Å². The molecule has 0 aliphatic heterocycles. The summed E-state index contributed by atoms with van der Waals surface area (Å²) in [5, 5.41) is 3.95. The summed E-state index contributed by atoms with van der Waals surface area (Å²) in [6.45, 7) is 2.88. The number of unbranched alkanes of at least 4 members (excludes halogenated alkanes) is 1. The third-order valence-electron chi connectivity index (χ3n) is 5.94. The smallest absolute Gasteiger partial charge is 0.243 e. The van der Waals surface area contributed by atoms with E-state index in [9.17, 15) is 9.59 Å². The Labute approximate surface area is 223 Å². The van der Waals surface area contributed by atoms with Gasteiger partial charge < -0.3 is 15.0 Å². The third kappa shape index (κ3) is 8.00. The van der Waals surface area contributed by atoms with Gasteiger partial charge in [0.05, 0.1) is 13.5 Å². The lowest BCUT2D eigenvalue weighted by Gasteiger charge is -2.32. The van der Waals surface area contributed by atoms with Crippen LogP contribution in [0.2, 0.25) is 10.0 Å². The van der Waals surface area contributed by atoms with Gasteiger partial charge in [0.2, 0.25) is 11.8 Å². The number of benzene rings is 3. The first kappa shape index (κ1) is 27.6.